The standard InChI is InChI=1S/C11H18N2S/c1-11(6-4-3-5-7-11)9-8-12-10(13-9)14-2/h8H,3-7H2,1-2H3,(H,12,13). The first-order valence-electron chi connectivity index (χ1n) is 5.34. The third-order valence-electron chi connectivity index (χ3n) is 3.35. The molecule has 2 nitrogen and oxygen atoms in total. The molecule has 0 spiro atoms. The molecule has 1 aliphatic carbocycles. The highest BCUT2D eigenvalue weighted by molar-refractivity contribution is 7.98. The maximum absolute atomic E-state index is 4.36. The Hall–Kier alpha value is -0.440. The molecule has 0 aromatic carbocycles. The predicted molar refractivity (Wildman–Crippen MR) is 60.8 cm³/mol. The number of thioether (sulfide) groups is 1. The largest absolute Gasteiger partial charge is 0.336 e. The molecule has 2 rings (SSSR count). The van der Waals surface area contributed by atoms with E-state index < -0.39 is 0 Å². The molecule has 0 aliphatic heterocycles. The van der Waals surface area contributed by atoms with Crippen molar-refractivity contribution in [1.82, 2.24) is 9.97 Å². The summed E-state index contributed by atoms with van der Waals surface area (Å²) in [7, 11) is 0. The maximum Gasteiger partial charge on any atom is 0.165 e. The summed E-state index contributed by atoms with van der Waals surface area (Å²) in [6.07, 6.45) is 10.8. The highest BCUT2D eigenvalue weighted by Gasteiger charge is 2.30. The highest BCUT2D eigenvalue weighted by Crippen LogP contribution is 2.38. The quantitative estimate of drug-likeness (QED) is 0.758. The SMILES string of the molecule is CSc1ncc(C2(C)CCCCC2)[nH]1. The van der Waals surface area contributed by atoms with Crippen LogP contribution in [-0.4, -0.2) is 16.2 Å². The van der Waals surface area contributed by atoms with Gasteiger partial charge < -0.3 is 4.98 Å². The molecule has 3 heteroatoms. The van der Waals surface area contributed by atoms with Crippen LogP contribution in [0, 0.1) is 0 Å². The van der Waals surface area contributed by atoms with Gasteiger partial charge >= 0.3 is 0 Å². The van der Waals surface area contributed by atoms with Crippen LogP contribution in [0.1, 0.15) is 44.7 Å². The average molecular weight is 210 g/mol. The van der Waals surface area contributed by atoms with Gasteiger partial charge in [0.2, 0.25) is 0 Å². The first kappa shape index (κ1) is 10.1. The topological polar surface area (TPSA) is 28.7 Å². The molecule has 0 amide bonds. The number of rotatable bonds is 2. The minimum absolute atomic E-state index is 0.360. The Morgan fingerprint density at radius 3 is 2.64 bits per heavy atom. The lowest BCUT2D eigenvalue weighted by Crippen LogP contribution is -2.25. The molecule has 1 saturated carbocycles. The summed E-state index contributed by atoms with van der Waals surface area (Å²) in [5.74, 6) is 0. The van der Waals surface area contributed by atoms with E-state index in [9.17, 15) is 0 Å². The molecule has 0 atom stereocenters. The van der Waals surface area contributed by atoms with Crippen molar-refractivity contribution in [2.75, 3.05) is 6.26 Å². The van der Waals surface area contributed by atoms with Gasteiger partial charge in [0.05, 0.1) is 0 Å². The molecular formula is C11H18N2S. The fourth-order valence-electron chi connectivity index (χ4n) is 2.31. The average Bonchev–Trinajstić information content (AvgIpc) is 2.67. The van der Waals surface area contributed by atoms with E-state index in [1.165, 1.54) is 37.8 Å². The van der Waals surface area contributed by atoms with Crippen LogP contribution < -0.4 is 0 Å². The number of hydrogen-bond acceptors (Lipinski definition) is 2. The van der Waals surface area contributed by atoms with E-state index in [0.29, 0.717) is 5.41 Å². The van der Waals surface area contributed by atoms with Crippen molar-refractivity contribution < 1.29 is 0 Å². The second-order valence-electron chi connectivity index (χ2n) is 4.43. The second kappa shape index (κ2) is 3.97. The minimum Gasteiger partial charge on any atom is -0.336 e. The van der Waals surface area contributed by atoms with Crippen molar-refractivity contribution in [3.8, 4) is 0 Å². The van der Waals surface area contributed by atoms with Gasteiger partial charge in [-0.3, -0.25) is 0 Å². The zero-order valence-corrected chi connectivity index (χ0v) is 9.78. The maximum atomic E-state index is 4.36. The van der Waals surface area contributed by atoms with Gasteiger partial charge in [0, 0.05) is 17.3 Å². The van der Waals surface area contributed by atoms with E-state index in [1.807, 2.05) is 6.20 Å². The molecule has 78 valence electrons. The van der Waals surface area contributed by atoms with Crippen molar-refractivity contribution >= 4 is 11.8 Å². The predicted octanol–water partition coefficient (Wildman–Crippen LogP) is 3.35. The lowest BCUT2D eigenvalue weighted by Gasteiger charge is -2.32. The lowest BCUT2D eigenvalue weighted by molar-refractivity contribution is 0.312. The van der Waals surface area contributed by atoms with E-state index in [1.54, 1.807) is 11.8 Å². The van der Waals surface area contributed by atoms with Crippen LogP contribution >= 0.6 is 11.8 Å². The lowest BCUT2D eigenvalue weighted by atomic mass is 9.74. The van der Waals surface area contributed by atoms with Gasteiger partial charge in [-0.2, -0.15) is 0 Å². The Labute approximate surface area is 89.9 Å². The molecular weight excluding hydrogens is 192 g/mol. The van der Waals surface area contributed by atoms with Crippen LogP contribution in [0.15, 0.2) is 11.4 Å². The van der Waals surface area contributed by atoms with Gasteiger partial charge in [0.1, 0.15) is 0 Å². The molecule has 1 N–H and O–H groups in total. The van der Waals surface area contributed by atoms with E-state index in [2.05, 4.69) is 23.1 Å². The van der Waals surface area contributed by atoms with Gasteiger partial charge in [0.15, 0.2) is 5.16 Å². The van der Waals surface area contributed by atoms with Gasteiger partial charge in [-0.25, -0.2) is 4.98 Å². The summed E-state index contributed by atoms with van der Waals surface area (Å²) in [5, 5.41) is 1.05. The smallest absolute Gasteiger partial charge is 0.165 e. The molecule has 0 radical (unpaired) electrons. The molecule has 1 aromatic rings. The van der Waals surface area contributed by atoms with Crippen LogP contribution in [0.25, 0.3) is 0 Å². The summed E-state index contributed by atoms with van der Waals surface area (Å²) in [6, 6.07) is 0. The Morgan fingerprint density at radius 2 is 2.07 bits per heavy atom. The van der Waals surface area contributed by atoms with E-state index in [4.69, 9.17) is 0 Å². The van der Waals surface area contributed by atoms with Crippen LogP contribution in [0.3, 0.4) is 0 Å². The summed E-state index contributed by atoms with van der Waals surface area (Å²) in [4.78, 5) is 7.79. The minimum atomic E-state index is 0.360. The fourth-order valence-corrected chi connectivity index (χ4v) is 2.68. The number of nitrogens with one attached hydrogen (secondary N) is 1. The Kier molecular flexibility index (Phi) is 2.86. The highest BCUT2D eigenvalue weighted by atomic mass is 32.2. The van der Waals surface area contributed by atoms with Gasteiger partial charge in [-0.05, 0) is 19.1 Å². The normalized spacial score (nSPS) is 21.0. The molecule has 0 saturated heterocycles. The van der Waals surface area contributed by atoms with Crippen LogP contribution in [-0.2, 0) is 5.41 Å². The summed E-state index contributed by atoms with van der Waals surface area (Å²) in [5.41, 5.74) is 1.70. The molecule has 1 heterocycles. The third kappa shape index (κ3) is 1.83. The number of imidazole rings is 1. The number of aromatic amines is 1. The first-order valence-corrected chi connectivity index (χ1v) is 6.56. The zero-order chi connectivity index (χ0) is 10.0. The molecule has 1 aliphatic rings. The molecule has 0 unspecified atom stereocenters. The van der Waals surface area contributed by atoms with Gasteiger partial charge in [0.25, 0.3) is 0 Å². The first-order chi connectivity index (χ1) is 6.74. The number of H-pyrrole nitrogens is 1. The monoisotopic (exact) mass is 210 g/mol. The van der Waals surface area contributed by atoms with E-state index in [0.717, 1.165) is 5.16 Å². The van der Waals surface area contributed by atoms with Crippen molar-refractivity contribution in [2.24, 2.45) is 0 Å². The molecule has 1 fully saturated rings. The second-order valence-corrected chi connectivity index (χ2v) is 5.22. The van der Waals surface area contributed by atoms with Gasteiger partial charge in [-0.15, -0.1) is 0 Å². The van der Waals surface area contributed by atoms with Crippen molar-refractivity contribution in [2.45, 2.75) is 49.6 Å². The molecule has 0 bridgehead atoms. The fraction of sp³-hybridized carbons (Fsp3) is 0.727. The van der Waals surface area contributed by atoms with Crippen LogP contribution in [0.4, 0.5) is 0 Å². The van der Waals surface area contributed by atoms with E-state index >= 15 is 0 Å². The summed E-state index contributed by atoms with van der Waals surface area (Å²) < 4.78 is 0. The number of hydrogen-bond donors (Lipinski definition) is 1. The third-order valence-corrected chi connectivity index (χ3v) is 3.95. The summed E-state index contributed by atoms with van der Waals surface area (Å²) in [6.45, 7) is 2.36. The Morgan fingerprint density at radius 1 is 1.36 bits per heavy atom. The molecule has 14 heavy (non-hydrogen) atoms. The Bertz CT molecular complexity index is 300. The van der Waals surface area contributed by atoms with Crippen molar-refractivity contribution in [3.63, 3.8) is 0 Å². The van der Waals surface area contributed by atoms with Crippen molar-refractivity contribution in [3.05, 3.63) is 11.9 Å². The van der Waals surface area contributed by atoms with Gasteiger partial charge in [-0.1, -0.05) is 37.9 Å². The number of nitrogens with zero attached hydrogens (tertiary/aromatic N) is 1. The summed E-state index contributed by atoms with van der Waals surface area (Å²) >= 11 is 1.69. The van der Waals surface area contributed by atoms with Crippen molar-refractivity contribution in [1.29, 1.82) is 0 Å². The Balaban J connectivity index is 2.19. The van der Waals surface area contributed by atoms with Crippen LogP contribution in [0.5, 0.6) is 0 Å². The number of aromatic nitrogens is 2. The van der Waals surface area contributed by atoms with E-state index in [-0.39, 0.29) is 0 Å². The molecule has 1 aromatic heterocycles. The zero-order valence-electron chi connectivity index (χ0n) is 8.97. The van der Waals surface area contributed by atoms with Crippen LogP contribution in [0.2, 0.25) is 0 Å².